The first-order valence-corrected chi connectivity index (χ1v) is 6.84. The Balaban J connectivity index is 0.000000956. The zero-order valence-corrected chi connectivity index (χ0v) is 12.5. The summed E-state index contributed by atoms with van der Waals surface area (Å²) in [4.78, 5) is 19.6. The number of ether oxygens (including phenoxy) is 2. The van der Waals surface area contributed by atoms with Crippen molar-refractivity contribution in [1.29, 1.82) is 0 Å². The number of esters is 1. The van der Waals surface area contributed by atoms with Crippen LogP contribution in [0.3, 0.4) is 0 Å². The van der Waals surface area contributed by atoms with Gasteiger partial charge in [-0.3, -0.25) is 4.79 Å². The largest absolute Gasteiger partial charge is 0.495 e. The molecule has 0 aromatic heterocycles. The summed E-state index contributed by atoms with van der Waals surface area (Å²) in [6, 6.07) is 3.90. The average molecular weight is 299 g/mol. The normalized spacial score (nSPS) is 15.8. The summed E-state index contributed by atoms with van der Waals surface area (Å²) in [5.74, 6) is 0.764. The number of carbonyl (C=O) groups is 2. The molecule has 1 aromatic carbocycles. The van der Waals surface area contributed by atoms with Crippen molar-refractivity contribution in [3.63, 3.8) is 0 Å². The van der Waals surface area contributed by atoms with Gasteiger partial charge >= 0.3 is 5.97 Å². The van der Waals surface area contributed by atoms with Gasteiger partial charge in [-0.1, -0.05) is 11.6 Å². The fraction of sp³-hybridized carbons (Fsp3) is 0.467. The Labute approximate surface area is 124 Å². The standard InChI is InChI=1S/C14H17ClO3.CH2O/c1-3-18-14(16)7-10-5-4-9-6-12(15)13(17-2)8-11(9)10;1-2/h6,8,10H,3-5,7H2,1-2H3;1H2. The molecule has 1 aliphatic carbocycles. The Hall–Kier alpha value is -1.55. The molecule has 20 heavy (non-hydrogen) atoms. The number of aryl methyl sites for hydroxylation is 1. The van der Waals surface area contributed by atoms with Gasteiger partial charge in [0.15, 0.2) is 0 Å². The van der Waals surface area contributed by atoms with Crippen LogP contribution in [0.1, 0.15) is 36.8 Å². The van der Waals surface area contributed by atoms with Crippen LogP contribution in [-0.4, -0.2) is 26.5 Å². The van der Waals surface area contributed by atoms with Crippen LogP contribution in [0.5, 0.6) is 5.75 Å². The number of carbonyl (C=O) groups excluding carboxylic acids is 2. The number of fused-ring (bicyclic) bond motifs is 1. The van der Waals surface area contributed by atoms with Gasteiger partial charge < -0.3 is 14.3 Å². The molecule has 110 valence electrons. The van der Waals surface area contributed by atoms with Crippen LogP contribution in [-0.2, 0) is 20.7 Å². The average Bonchev–Trinajstić information content (AvgIpc) is 2.82. The smallest absolute Gasteiger partial charge is 0.306 e. The first-order chi connectivity index (χ1) is 9.65. The van der Waals surface area contributed by atoms with Gasteiger partial charge in [0, 0.05) is 0 Å². The Morgan fingerprint density at radius 1 is 1.45 bits per heavy atom. The Morgan fingerprint density at radius 3 is 2.75 bits per heavy atom. The van der Waals surface area contributed by atoms with E-state index < -0.39 is 0 Å². The lowest BCUT2D eigenvalue weighted by Gasteiger charge is -2.12. The van der Waals surface area contributed by atoms with Crippen molar-refractivity contribution in [2.24, 2.45) is 0 Å². The highest BCUT2D eigenvalue weighted by atomic mass is 35.5. The van der Waals surface area contributed by atoms with Crippen molar-refractivity contribution < 1.29 is 19.1 Å². The fourth-order valence-corrected chi connectivity index (χ4v) is 2.75. The van der Waals surface area contributed by atoms with Crippen LogP contribution in [0, 0.1) is 0 Å². The number of hydrogen-bond donors (Lipinski definition) is 0. The highest BCUT2D eigenvalue weighted by Crippen LogP contribution is 2.40. The lowest BCUT2D eigenvalue weighted by Crippen LogP contribution is -2.08. The lowest BCUT2D eigenvalue weighted by atomic mass is 9.98. The zero-order valence-electron chi connectivity index (χ0n) is 11.8. The summed E-state index contributed by atoms with van der Waals surface area (Å²) in [5, 5.41) is 0.632. The van der Waals surface area contributed by atoms with Crippen molar-refractivity contribution >= 4 is 24.4 Å². The highest BCUT2D eigenvalue weighted by molar-refractivity contribution is 6.32. The molecule has 0 saturated heterocycles. The highest BCUT2D eigenvalue weighted by Gasteiger charge is 2.26. The Morgan fingerprint density at radius 2 is 2.15 bits per heavy atom. The molecule has 4 nitrogen and oxygen atoms in total. The molecule has 0 fully saturated rings. The molecule has 2 rings (SSSR count). The van der Waals surface area contributed by atoms with E-state index >= 15 is 0 Å². The molecule has 1 atom stereocenters. The van der Waals surface area contributed by atoms with Crippen LogP contribution in [0.15, 0.2) is 12.1 Å². The van der Waals surface area contributed by atoms with Crippen molar-refractivity contribution in [2.75, 3.05) is 13.7 Å². The third-order valence-electron chi connectivity index (χ3n) is 3.33. The van der Waals surface area contributed by atoms with Gasteiger partial charge in [-0.05, 0) is 48.9 Å². The first kappa shape index (κ1) is 16.5. The van der Waals surface area contributed by atoms with Crippen molar-refractivity contribution in [3.8, 4) is 5.75 Å². The number of rotatable bonds is 4. The Kier molecular flexibility index (Phi) is 6.52. The molecule has 0 bridgehead atoms. The third-order valence-corrected chi connectivity index (χ3v) is 3.63. The maximum atomic E-state index is 11.6. The molecule has 0 spiro atoms. The number of methoxy groups -OCH3 is 1. The first-order valence-electron chi connectivity index (χ1n) is 6.46. The minimum Gasteiger partial charge on any atom is -0.495 e. The molecule has 0 radical (unpaired) electrons. The fourth-order valence-electron chi connectivity index (χ4n) is 2.48. The van der Waals surface area contributed by atoms with Crippen LogP contribution in [0.4, 0.5) is 0 Å². The summed E-state index contributed by atoms with van der Waals surface area (Å²) in [7, 11) is 1.60. The van der Waals surface area contributed by atoms with Gasteiger partial charge in [0.25, 0.3) is 0 Å². The van der Waals surface area contributed by atoms with Gasteiger partial charge in [-0.25, -0.2) is 0 Å². The van der Waals surface area contributed by atoms with Crippen LogP contribution in [0.25, 0.3) is 0 Å². The van der Waals surface area contributed by atoms with Crippen molar-refractivity contribution in [2.45, 2.75) is 32.1 Å². The summed E-state index contributed by atoms with van der Waals surface area (Å²) in [5.41, 5.74) is 2.39. The summed E-state index contributed by atoms with van der Waals surface area (Å²) in [6.07, 6.45) is 2.37. The van der Waals surface area contributed by atoms with E-state index in [4.69, 9.17) is 25.9 Å². The number of halogens is 1. The Bertz CT molecular complexity index is 473. The quantitative estimate of drug-likeness (QED) is 0.801. The van der Waals surface area contributed by atoms with E-state index in [2.05, 4.69) is 0 Å². The third kappa shape index (κ3) is 3.73. The molecule has 0 heterocycles. The van der Waals surface area contributed by atoms with E-state index in [0.717, 1.165) is 12.8 Å². The molecule has 0 amide bonds. The minimum absolute atomic E-state index is 0.135. The SMILES string of the molecule is C=O.CCOC(=O)CC1CCc2cc(Cl)c(OC)cc21. The van der Waals surface area contributed by atoms with Crippen molar-refractivity contribution in [3.05, 3.63) is 28.3 Å². The van der Waals surface area contributed by atoms with E-state index in [9.17, 15) is 4.79 Å². The molecular formula is C15H19ClO4. The van der Waals surface area contributed by atoms with Gasteiger partial charge in [-0.2, -0.15) is 0 Å². The molecule has 0 N–H and O–H groups in total. The second kappa shape index (κ2) is 7.90. The monoisotopic (exact) mass is 298 g/mol. The van der Waals surface area contributed by atoms with E-state index in [0.29, 0.717) is 23.8 Å². The maximum Gasteiger partial charge on any atom is 0.306 e. The second-order valence-corrected chi connectivity index (χ2v) is 4.84. The second-order valence-electron chi connectivity index (χ2n) is 4.43. The molecule has 0 aliphatic heterocycles. The van der Waals surface area contributed by atoms with Gasteiger partial charge in [0.1, 0.15) is 12.5 Å². The molecule has 1 unspecified atom stereocenters. The van der Waals surface area contributed by atoms with E-state index in [-0.39, 0.29) is 11.9 Å². The molecule has 0 saturated carbocycles. The zero-order chi connectivity index (χ0) is 15.1. The van der Waals surface area contributed by atoms with Crippen LogP contribution >= 0.6 is 11.6 Å². The maximum absolute atomic E-state index is 11.6. The van der Waals surface area contributed by atoms with Gasteiger partial charge in [0.2, 0.25) is 0 Å². The molecular weight excluding hydrogens is 280 g/mol. The van der Waals surface area contributed by atoms with E-state index in [1.54, 1.807) is 7.11 Å². The van der Waals surface area contributed by atoms with E-state index in [1.807, 2.05) is 25.8 Å². The van der Waals surface area contributed by atoms with Crippen LogP contribution < -0.4 is 4.74 Å². The van der Waals surface area contributed by atoms with Gasteiger partial charge in [0.05, 0.1) is 25.2 Å². The predicted molar refractivity (Wildman–Crippen MR) is 77.4 cm³/mol. The van der Waals surface area contributed by atoms with Crippen molar-refractivity contribution in [1.82, 2.24) is 0 Å². The molecule has 5 heteroatoms. The van der Waals surface area contributed by atoms with Gasteiger partial charge in [-0.15, -0.1) is 0 Å². The molecule has 1 aliphatic rings. The predicted octanol–water partition coefficient (Wildman–Crippen LogP) is 3.15. The lowest BCUT2D eigenvalue weighted by molar-refractivity contribution is -0.143. The van der Waals surface area contributed by atoms with E-state index in [1.165, 1.54) is 11.1 Å². The summed E-state index contributed by atoms with van der Waals surface area (Å²) in [6.45, 7) is 4.26. The number of benzene rings is 1. The topological polar surface area (TPSA) is 52.6 Å². The minimum atomic E-state index is -0.135. The molecule has 1 aromatic rings. The summed E-state index contributed by atoms with van der Waals surface area (Å²) >= 11 is 6.09. The van der Waals surface area contributed by atoms with Crippen LogP contribution in [0.2, 0.25) is 5.02 Å². The summed E-state index contributed by atoms with van der Waals surface area (Å²) < 4.78 is 10.2. The number of hydrogen-bond acceptors (Lipinski definition) is 4.